The summed E-state index contributed by atoms with van der Waals surface area (Å²) in [7, 11) is 0. The number of hydrogen-bond acceptors (Lipinski definition) is 4. The molecule has 0 aliphatic carbocycles. The zero-order valence-electron chi connectivity index (χ0n) is 11.5. The summed E-state index contributed by atoms with van der Waals surface area (Å²) in [6.07, 6.45) is 0. The quantitative estimate of drug-likeness (QED) is 0.664. The number of aliphatic carboxylic acids is 1. The molecule has 0 amide bonds. The van der Waals surface area contributed by atoms with Gasteiger partial charge in [0.2, 0.25) is 0 Å². The molecular formula is C14H22N2O3. The fourth-order valence-electron chi connectivity index (χ4n) is 1.92. The number of phenolic OH excluding ortho intramolecular Hbond substituents is 1. The van der Waals surface area contributed by atoms with Crippen molar-refractivity contribution in [1.29, 1.82) is 0 Å². The minimum absolute atomic E-state index is 0.135. The number of aromatic hydroxyl groups is 1. The van der Waals surface area contributed by atoms with Gasteiger partial charge in [-0.15, -0.1) is 0 Å². The lowest BCUT2D eigenvalue weighted by Gasteiger charge is -2.20. The zero-order valence-corrected chi connectivity index (χ0v) is 11.5. The van der Waals surface area contributed by atoms with Crippen LogP contribution in [0.1, 0.15) is 25.5 Å². The first-order valence-electron chi connectivity index (χ1n) is 6.56. The first kappa shape index (κ1) is 15.5. The molecule has 1 aromatic carbocycles. The van der Waals surface area contributed by atoms with Gasteiger partial charge in [-0.25, -0.2) is 0 Å². The Morgan fingerprint density at radius 1 is 1.26 bits per heavy atom. The normalized spacial score (nSPS) is 12.6. The van der Waals surface area contributed by atoms with E-state index in [0.29, 0.717) is 12.1 Å². The Morgan fingerprint density at radius 3 is 2.32 bits per heavy atom. The van der Waals surface area contributed by atoms with E-state index in [0.717, 1.165) is 19.6 Å². The Labute approximate surface area is 113 Å². The highest BCUT2D eigenvalue weighted by Crippen LogP contribution is 2.17. The fourth-order valence-corrected chi connectivity index (χ4v) is 1.92. The van der Waals surface area contributed by atoms with Crippen molar-refractivity contribution in [3.8, 4) is 5.75 Å². The standard InChI is InChI=1S/C14H22N2O3/c1-3-16(4-2)10-9-15-13(14(18)19)11-5-7-12(17)8-6-11/h5-8,13,15,17H,3-4,9-10H2,1-2H3,(H,18,19). The Balaban J connectivity index is 2.59. The number of nitrogens with one attached hydrogen (secondary N) is 1. The number of carboxylic acids is 1. The monoisotopic (exact) mass is 266 g/mol. The van der Waals surface area contributed by atoms with Crippen LogP contribution in [0, 0.1) is 0 Å². The third-order valence-electron chi connectivity index (χ3n) is 3.14. The van der Waals surface area contributed by atoms with E-state index in [1.54, 1.807) is 12.1 Å². The second-order valence-corrected chi connectivity index (χ2v) is 4.34. The maximum Gasteiger partial charge on any atom is 0.325 e. The summed E-state index contributed by atoms with van der Waals surface area (Å²) in [5.74, 6) is -0.777. The smallest absolute Gasteiger partial charge is 0.325 e. The molecule has 0 aliphatic rings. The molecule has 106 valence electrons. The van der Waals surface area contributed by atoms with E-state index in [4.69, 9.17) is 0 Å². The maximum absolute atomic E-state index is 11.3. The molecule has 5 heteroatoms. The lowest BCUT2D eigenvalue weighted by Crippen LogP contribution is -2.36. The second-order valence-electron chi connectivity index (χ2n) is 4.34. The van der Waals surface area contributed by atoms with Gasteiger partial charge >= 0.3 is 5.97 Å². The van der Waals surface area contributed by atoms with Gasteiger partial charge in [-0.2, -0.15) is 0 Å². The molecule has 0 radical (unpaired) electrons. The van der Waals surface area contributed by atoms with Crippen molar-refractivity contribution >= 4 is 5.97 Å². The van der Waals surface area contributed by atoms with E-state index < -0.39 is 12.0 Å². The molecule has 0 aromatic heterocycles. The first-order valence-corrected chi connectivity index (χ1v) is 6.56. The average Bonchev–Trinajstić information content (AvgIpc) is 2.40. The molecule has 1 aromatic rings. The lowest BCUT2D eigenvalue weighted by atomic mass is 10.1. The van der Waals surface area contributed by atoms with Gasteiger partial charge < -0.3 is 15.1 Å². The van der Waals surface area contributed by atoms with Gasteiger partial charge in [0.1, 0.15) is 11.8 Å². The van der Waals surface area contributed by atoms with Crippen LogP contribution >= 0.6 is 0 Å². The van der Waals surface area contributed by atoms with E-state index in [1.165, 1.54) is 12.1 Å². The number of carboxylic acid groups (broad SMARTS) is 1. The van der Waals surface area contributed by atoms with Crippen molar-refractivity contribution in [3.05, 3.63) is 29.8 Å². The van der Waals surface area contributed by atoms with E-state index in [2.05, 4.69) is 24.1 Å². The highest BCUT2D eigenvalue weighted by Gasteiger charge is 2.18. The third kappa shape index (κ3) is 4.89. The Morgan fingerprint density at radius 2 is 1.84 bits per heavy atom. The molecule has 1 unspecified atom stereocenters. The molecule has 19 heavy (non-hydrogen) atoms. The summed E-state index contributed by atoms with van der Waals surface area (Å²) >= 11 is 0. The fraction of sp³-hybridized carbons (Fsp3) is 0.500. The molecule has 1 atom stereocenters. The van der Waals surface area contributed by atoms with Crippen molar-refractivity contribution in [3.63, 3.8) is 0 Å². The van der Waals surface area contributed by atoms with Crippen LogP contribution in [0.4, 0.5) is 0 Å². The number of nitrogens with zero attached hydrogens (tertiary/aromatic N) is 1. The molecule has 0 heterocycles. The van der Waals surface area contributed by atoms with Crippen LogP contribution in [0.15, 0.2) is 24.3 Å². The van der Waals surface area contributed by atoms with E-state index in [-0.39, 0.29) is 5.75 Å². The van der Waals surface area contributed by atoms with Gasteiger partial charge in [-0.3, -0.25) is 10.1 Å². The highest BCUT2D eigenvalue weighted by atomic mass is 16.4. The average molecular weight is 266 g/mol. The van der Waals surface area contributed by atoms with Gasteiger partial charge in [0.05, 0.1) is 0 Å². The van der Waals surface area contributed by atoms with Crippen LogP contribution in [0.5, 0.6) is 5.75 Å². The van der Waals surface area contributed by atoms with Crippen molar-refractivity contribution < 1.29 is 15.0 Å². The lowest BCUT2D eigenvalue weighted by molar-refractivity contribution is -0.139. The van der Waals surface area contributed by atoms with Crippen molar-refractivity contribution in [2.75, 3.05) is 26.2 Å². The third-order valence-corrected chi connectivity index (χ3v) is 3.14. The Bertz CT molecular complexity index is 388. The maximum atomic E-state index is 11.3. The van der Waals surface area contributed by atoms with Crippen LogP contribution in [-0.4, -0.2) is 47.3 Å². The molecule has 5 nitrogen and oxygen atoms in total. The second kappa shape index (κ2) is 7.76. The summed E-state index contributed by atoms with van der Waals surface area (Å²) in [6, 6.07) is 5.50. The molecule has 1 rings (SSSR count). The molecular weight excluding hydrogens is 244 g/mol. The minimum Gasteiger partial charge on any atom is -0.508 e. The largest absolute Gasteiger partial charge is 0.508 e. The molecule has 0 spiro atoms. The first-order chi connectivity index (χ1) is 9.08. The van der Waals surface area contributed by atoms with Gasteiger partial charge in [0, 0.05) is 13.1 Å². The molecule has 0 saturated carbocycles. The van der Waals surface area contributed by atoms with Crippen LogP contribution < -0.4 is 5.32 Å². The predicted octanol–water partition coefficient (Wildman–Crippen LogP) is 1.45. The highest BCUT2D eigenvalue weighted by molar-refractivity contribution is 5.75. The summed E-state index contributed by atoms with van der Waals surface area (Å²) in [6.45, 7) is 7.49. The van der Waals surface area contributed by atoms with Crippen molar-refractivity contribution in [2.45, 2.75) is 19.9 Å². The van der Waals surface area contributed by atoms with Crippen LogP contribution in [0.2, 0.25) is 0 Å². The van der Waals surface area contributed by atoms with E-state index >= 15 is 0 Å². The van der Waals surface area contributed by atoms with E-state index in [9.17, 15) is 15.0 Å². The molecule has 0 saturated heterocycles. The van der Waals surface area contributed by atoms with Gasteiger partial charge in [0.15, 0.2) is 0 Å². The zero-order chi connectivity index (χ0) is 14.3. The van der Waals surface area contributed by atoms with Crippen LogP contribution in [0.25, 0.3) is 0 Å². The van der Waals surface area contributed by atoms with E-state index in [1.807, 2.05) is 0 Å². The summed E-state index contributed by atoms with van der Waals surface area (Å²) < 4.78 is 0. The Hall–Kier alpha value is -1.59. The number of phenols is 1. The summed E-state index contributed by atoms with van der Waals surface area (Å²) in [4.78, 5) is 13.5. The minimum atomic E-state index is -0.912. The molecule has 3 N–H and O–H groups in total. The van der Waals surface area contributed by atoms with Gasteiger partial charge in [0.25, 0.3) is 0 Å². The predicted molar refractivity (Wildman–Crippen MR) is 74.3 cm³/mol. The van der Waals surface area contributed by atoms with Gasteiger partial charge in [-0.1, -0.05) is 26.0 Å². The molecule has 0 aliphatic heterocycles. The molecule has 0 fully saturated rings. The summed E-state index contributed by atoms with van der Waals surface area (Å²) in [5, 5.41) is 21.5. The molecule has 0 bridgehead atoms. The van der Waals surface area contributed by atoms with Gasteiger partial charge in [-0.05, 0) is 30.8 Å². The number of carbonyl (C=O) groups is 1. The topological polar surface area (TPSA) is 72.8 Å². The number of benzene rings is 1. The number of rotatable bonds is 8. The van der Waals surface area contributed by atoms with Crippen LogP contribution in [-0.2, 0) is 4.79 Å². The number of likely N-dealkylation sites (N-methyl/N-ethyl adjacent to an activating group) is 1. The SMILES string of the molecule is CCN(CC)CCNC(C(=O)O)c1ccc(O)cc1. The van der Waals surface area contributed by atoms with Crippen LogP contribution in [0.3, 0.4) is 0 Å². The number of hydrogen-bond donors (Lipinski definition) is 3. The van der Waals surface area contributed by atoms with Crippen molar-refractivity contribution in [1.82, 2.24) is 10.2 Å². The summed E-state index contributed by atoms with van der Waals surface area (Å²) in [5.41, 5.74) is 0.643. The Kier molecular flexibility index (Phi) is 6.32. The van der Waals surface area contributed by atoms with Crippen molar-refractivity contribution in [2.24, 2.45) is 0 Å².